The van der Waals surface area contributed by atoms with Crippen LogP contribution in [0, 0.1) is 12.8 Å². The second kappa shape index (κ2) is 3.39. The Balaban J connectivity index is 2.34. The van der Waals surface area contributed by atoms with E-state index < -0.39 is 0 Å². The van der Waals surface area contributed by atoms with Gasteiger partial charge >= 0.3 is 0 Å². The van der Waals surface area contributed by atoms with Crippen molar-refractivity contribution in [2.75, 3.05) is 0 Å². The fourth-order valence-electron chi connectivity index (χ4n) is 2.50. The van der Waals surface area contributed by atoms with Gasteiger partial charge in [0.1, 0.15) is 0 Å². The minimum atomic E-state index is -0.0618. The predicted molar refractivity (Wildman–Crippen MR) is 60.1 cm³/mol. The van der Waals surface area contributed by atoms with Crippen LogP contribution in [0.3, 0.4) is 0 Å². The van der Waals surface area contributed by atoms with Crippen molar-refractivity contribution in [3.05, 3.63) is 35.4 Å². The molecule has 0 bridgehead atoms. The fourth-order valence-corrected chi connectivity index (χ4v) is 2.50. The third-order valence-corrected chi connectivity index (χ3v) is 3.70. The molecule has 0 radical (unpaired) electrons. The first-order chi connectivity index (χ1) is 6.63. The Bertz CT molecular complexity index is 315. The van der Waals surface area contributed by atoms with Gasteiger partial charge < -0.3 is 5.73 Å². The molecule has 2 atom stereocenters. The van der Waals surface area contributed by atoms with Crippen LogP contribution in [-0.4, -0.2) is 0 Å². The van der Waals surface area contributed by atoms with Crippen LogP contribution in [0.25, 0.3) is 0 Å². The molecule has 1 nitrogen and oxygen atoms in total. The highest BCUT2D eigenvalue weighted by molar-refractivity contribution is 5.29. The molecule has 0 aliphatic heterocycles. The Kier molecular flexibility index (Phi) is 2.36. The summed E-state index contributed by atoms with van der Waals surface area (Å²) in [6.45, 7) is 4.39. The molecule has 0 aromatic heterocycles. The summed E-state index contributed by atoms with van der Waals surface area (Å²) in [6.07, 6.45) is 3.67. The molecule has 0 amide bonds. The first-order valence-corrected chi connectivity index (χ1v) is 5.49. The quantitative estimate of drug-likeness (QED) is 0.722. The zero-order chi connectivity index (χ0) is 10.2. The zero-order valence-corrected chi connectivity index (χ0v) is 9.09. The van der Waals surface area contributed by atoms with Gasteiger partial charge in [0, 0.05) is 5.54 Å². The zero-order valence-electron chi connectivity index (χ0n) is 9.09. The smallest absolute Gasteiger partial charge is 0.0435 e. The molecule has 76 valence electrons. The first kappa shape index (κ1) is 9.72. The number of benzene rings is 1. The molecule has 14 heavy (non-hydrogen) atoms. The van der Waals surface area contributed by atoms with Gasteiger partial charge in [-0.15, -0.1) is 0 Å². The van der Waals surface area contributed by atoms with Gasteiger partial charge in [-0.05, 0) is 31.2 Å². The van der Waals surface area contributed by atoms with Crippen LogP contribution in [-0.2, 0) is 5.54 Å². The molecule has 1 aliphatic rings. The predicted octanol–water partition coefficient (Wildman–Crippen LogP) is 2.97. The lowest BCUT2D eigenvalue weighted by atomic mass is 9.82. The summed E-state index contributed by atoms with van der Waals surface area (Å²) in [7, 11) is 0. The van der Waals surface area contributed by atoms with Crippen LogP contribution in [0.15, 0.2) is 24.3 Å². The summed E-state index contributed by atoms with van der Waals surface area (Å²) in [5, 5.41) is 0. The fraction of sp³-hybridized carbons (Fsp3) is 0.538. The second-order valence-corrected chi connectivity index (χ2v) is 4.70. The molecule has 1 saturated carbocycles. The summed E-state index contributed by atoms with van der Waals surface area (Å²) in [6, 6.07) is 8.71. The van der Waals surface area contributed by atoms with Gasteiger partial charge in [-0.1, -0.05) is 43.2 Å². The maximum absolute atomic E-state index is 6.47. The van der Waals surface area contributed by atoms with Gasteiger partial charge in [-0.3, -0.25) is 0 Å². The highest BCUT2D eigenvalue weighted by Gasteiger charge is 2.37. The molecule has 1 aliphatic carbocycles. The van der Waals surface area contributed by atoms with Crippen molar-refractivity contribution in [1.82, 2.24) is 0 Å². The molecule has 1 heteroatoms. The van der Waals surface area contributed by atoms with E-state index in [0.29, 0.717) is 5.92 Å². The lowest BCUT2D eigenvalue weighted by molar-refractivity contribution is 0.349. The molecule has 1 fully saturated rings. The van der Waals surface area contributed by atoms with Crippen molar-refractivity contribution in [2.45, 2.75) is 38.6 Å². The van der Waals surface area contributed by atoms with Crippen LogP contribution in [0.5, 0.6) is 0 Å². The van der Waals surface area contributed by atoms with Gasteiger partial charge in [0.05, 0.1) is 0 Å². The lowest BCUT2D eigenvalue weighted by Crippen LogP contribution is -2.38. The molecule has 0 heterocycles. The summed E-state index contributed by atoms with van der Waals surface area (Å²) >= 11 is 0. The Labute approximate surface area is 86.3 Å². The molecular formula is C13H19N. The molecule has 1 aromatic carbocycles. The lowest BCUT2D eigenvalue weighted by Gasteiger charge is -2.29. The van der Waals surface area contributed by atoms with E-state index in [-0.39, 0.29) is 5.54 Å². The number of nitrogens with two attached hydrogens (primary N) is 1. The van der Waals surface area contributed by atoms with Crippen molar-refractivity contribution in [3.63, 3.8) is 0 Å². The number of aryl methyl sites for hydroxylation is 1. The molecular weight excluding hydrogens is 170 g/mol. The van der Waals surface area contributed by atoms with Gasteiger partial charge in [0.25, 0.3) is 0 Å². The molecule has 2 rings (SSSR count). The third kappa shape index (κ3) is 1.46. The van der Waals surface area contributed by atoms with Crippen LogP contribution >= 0.6 is 0 Å². The molecule has 2 N–H and O–H groups in total. The van der Waals surface area contributed by atoms with Gasteiger partial charge in [-0.2, -0.15) is 0 Å². The monoisotopic (exact) mass is 189 g/mol. The van der Waals surface area contributed by atoms with Crippen molar-refractivity contribution < 1.29 is 0 Å². The van der Waals surface area contributed by atoms with Crippen molar-refractivity contribution in [3.8, 4) is 0 Å². The standard InChI is InChI=1S/C13H19N/c1-10-5-7-12(8-6-10)13(14)9-3-4-11(13)2/h5-8,11H,3-4,9,14H2,1-2H3. The average molecular weight is 189 g/mol. The van der Waals surface area contributed by atoms with E-state index in [0.717, 1.165) is 6.42 Å². The summed E-state index contributed by atoms with van der Waals surface area (Å²) in [4.78, 5) is 0. The van der Waals surface area contributed by atoms with Gasteiger partial charge in [0.15, 0.2) is 0 Å². The molecule has 1 aromatic rings. The summed E-state index contributed by atoms with van der Waals surface area (Å²) in [5.74, 6) is 0.616. The van der Waals surface area contributed by atoms with Gasteiger partial charge in [0.2, 0.25) is 0 Å². The van der Waals surface area contributed by atoms with E-state index >= 15 is 0 Å². The maximum Gasteiger partial charge on any atom is 0.0435 e. The van der Waals surface area contributed by atoms with Crippen molar-refractivity contribution in [1.29, 1.82) is 0 Å². The molecule has 2 unspecified atom stereocenters. The number of hydrogen-bond acceptors (Lipinski definition) is 1. The van der Waals surface area contributed by atoms with E-state index in [9.17, 15) is 0 Å². The summed E-state index contributed by atoms with van der Waals surface area (Å²) in [5.41, 5.74) is 9.03. The minimum Gasteiger partial charge on any atom is -0.321 e. The third-order valence-electron chi connectivity index (χ3n) is 3.70. The average Bonchev–Trinajstić information content (AvgIpc) is 2.49. The topological polar surface area (TPSA) is 26.0 Å². The van der Waals surface area contributed by atoms with Crippen LogP contribution in [0.4, 0.5) is 0 Å². The largest absolute Gasteiger partial charge is 0.321 e. The number of hydrogen-bond donors (Lipinski definition) is 1. The van der Waals surface area contributed by atoms with Crippen molar-refractivity contribution in [2.24, 2.45) is 11.7 Å². The second-order valence-electron chi connectivity index (χ2n) is 4.70. The van der Waals surface area contributed by atoms with Crippen LogP contribution in [0.2, 0.25) is 0 Å². The molecule has 0 spiro atoms. The van der Waals surface area contributed by atoms with E-state index in [4.69, 9.17) is 5.73 Å². The normalized spacial score (nSPS) is 32.1. The van der Waals surface area contributed by atoms with Crippen LogP contribution < -0.4 is 5.73 Å². The highest BCUT2D eigenvalue weighted by atomic mass is 14.8. The Morgan fingerprint density at radius 2 is 1.93 bits per heavy atom. The SMILES string of the molecule is Cc1ccc(C2(N)CCCC2C)cc1. The van der Waals surface area contributed by atoms with E-state index in [1.54, 1.807) is 0 Å². The van der Waals surface area contributed by atoms with E-state index in [2.05, 4.69) is 38.1 Å². The van der Waals surface area contributed by atoms with E-state index in [1.807, 2.05) is 0 Å². The van der Waals surface area contributed by atoms with Gasteiger partial charge in [-0.25, -0.2) is 0 Å². The van der Waals surface area contributed by atoms with Crippen molar-refractivity contribution >= 4 is 0 Å². The minimum absolute atomic E-state index is 0.0618. The number of rotatable bonds is 1. The summed E-state index contributed by atoms with van der Waals surface area (Å²) < 4.78 is 0. The van der Waals surface area contributed by atoms with Crippen LogP contribution in [0.1, 0.15) is 37.3 Å². The first-order valence-electron chi connectivity index (χ1n) is 5.49. The molecule has 0 saturated heterocycles. The Morgan fingerprint density at radius 1 is 1.29 bits per heavy atom. The highest BCUT2D eigenvalue weighted by Crippen LogP contribution is 2.40. The Morgan fingerprint density at radius 3 is 2.43 bits per heavy atom. The maximum atomic E-state index is 6.47. The Hall–Kier alpha value is -0.820. The van der Waals surface area contributed by atoms with E-state index in [1.165, 1.54) is 24.0 Å².